The van der Waals surface area contributed by atoms with Gasteiger partial charge in [-0.2, -0.15) is 0 Å². The molecular formula is C24H28N4O5. The van der Waals surface area contributed by atoms with Gasteiger partial charge in [0.1, 0.15) is 5.39 Å². The van der Waals surface area contributed by atoms with Crippen LogP contribution in [0.3, 0.4) is 0 Å². The molecule has 0 bridgehead atoms. The molecule has 1 fully saturated rings. The maximum Gasteiger partial charge on any atom is 0.264 e. The van der Waals surface area contributed by atoms with Crippen LogP contribution in [0.25, 0.3) is 10.9 Å². The van der Waals surface area contributed by atoms with Crippen molar-refractivity contribution in [2.24, 2.45) is 5.92 Å². The van der Waals surface area contributed by atoms with Crippen LogP contribution in [0.5, 0.6) is 17.2 Å². The Morgan fingerprint density at radius 2 is 1.88 bits per heavy atom. The van der Waals surface area contributed by atoms with Crippen molar-refractivity contribution in [2.45, 2.75) is 19.9 Å². The van der Waals surface area contributed by atoms with E-state index in [0.717, 1.165) is 24.2 Å². The van der Waals surface area contributed by atoms with Gasteiger partial charge >= 0.3 is 0 Å². The van der Waals surface area contributed by atoms with Crippen LogP contribution in [-0.2, 0) is 11.3 Å². The first-order chi connectivity index (χ1) is 15.9. The van der Waals surface area contributed by atoms with Gasteiger partial charge in [-0.15, -0.1) is 0 Å². The van der Waals surface area contributed by atoms with E-state index in [1.807, 2.05) is 48.0 Å². The number of hydrogen-bond donors (Lipinski definition) is 1. The molecule has 1 saturated heterocycles. The number of carbonyl (C=O) groups is 1. The molecule has 0 radical (unpaired) electrons. The van der Waals surface area contributed by atoms with Crippen LogP contribution >= 0.6 is 0 Å². The van der Waals surface area contributed by atoms with Crippen molar-refractivity contribution in [2.75, 3.05) is 44.7 Å². The summed E-state index contributed by atoms with van der Waals surface area (Å²) in [6, 6.07) is 9.53. The molecule has 4 rings (SSSR count). The second-order valence-electron chi connectivity index (χ2n) is 8.13. The highest BCUT2D eigenvalue weighted by Crippen LogP contribution is 2.41. The maximum atomic E-state index is 13.0. The van der Waals surface area contributed by atoms with Crippen LogP contribution in [0.4, 0.5) is 11.6 Å². The van der Waals surface area contributed by atoms with Crippen molar-refractivity contribution in [1.29, 1.82) is 0 Å². The van der Waals surface area contributed by atoms with Gasteiger partial charge in [-0.25, -0.2) is 4.98 Å². The number of anilines is 2. The van der Waals surface area contributed by atoms with E-state index in [0.29, 0.717) is 29.5 Å². The zero-order chi connectivity index (χ0) is 23.7. The Balaban J connectivity index is 1.67. The molecule has 9 nitrogen and oxygen atoms in total. The number of amides is 1. The summed E-state index contributed by atoms with van der Waals surface area (Å²) >= 11 is 0. The normalized spacial score (nSPS) is 15.7. The van der Waals surface area contributed by atoms with Gasteiger partial charge in [0.25, 0.3) is 5.56 Å². The van der Waals surface area contributed by atoms with Gasteiger partial charge < -0.3 is 24.0 Å². The molecule has 0 aliphatic carbocycles. The highest BCUT2D eigenvalue weighted by Gasteiger charge is 2.29. The molecule has 2 aromatic carbocycles. The number of hydrogen-bond acceptors (Lipinski definition) is 7. The molecular weight excluding hydrogens is 424 g/mol. The molecule has 174 valence electrons. The Kier molecular flexibility index (Phi) is 6.13. The molecule has 0 spiro atoms. The summed E-state index contributed by atoms with van der Waals surface area (Å²) in [5, 5.41) is 0.288. The number of nitrogens with zero attached hydrogens (tertiary/aromatic N) is 3. The lowest BCUT2D eigenvalue weighted by Gasteiger charge is -2.21. The summed E-state index contributed by atoms with van der Waals surface area (Å²) in [6.07, 6.45) is 0.864. The average Bonchev–Trinajstić information content (AvgIpc) is 3.15. The van der Waals surface area contributed by atoms with Crippen molar-refractivity contribution < 1.29 is 19.0 Å². The van der Waals surface area contributed by atoms with Gasteiger partial charge in [0.05, 0.1) is 26.8 Å². The smallest absolute Gasteiger partial charge is 0.264 e. The largest absolute Gasteiger partial charge is 0.493 e. The van der Waals surface area contributed by atoms with E-state index in [2.05, 4.69) is 9.97 Å². The van der Waals surface area contributed by atoms with Crippen LogP contribution in [-0.4, -0.2) is 50.8 Å². The average molecular weight is 453 g/mol. The quantitative estimate of drug-likeness (QED) is 0.589. The first kappa shape index (κ1) is 22.4. The van der Waals surface area contributed by atoms with Crippen LogP contribution in [0.1, 0.15) is 18.9 Å². The molecule has 1 amide bonds. The van der Waals surface area contributed by atoms with Gasteiger partial charge in [-0.05, 0) is 24.1 Å². The second-order valence-corrected chi connectivity index (χ2v) is 8.13. The highest BCUT2D eigenvalue weighted by atomic mass is 16.5. The van der Waals surface area contributed by atoms with E-state index < -0.39 is 0 Å². The third kappa shape index (κ3) is 4.06. The number of benzene rings is 2. The van der Waals surface area contributed by atoms with E-state index in [9.17, 15) is 9.59 Å². The Hall–Kier alpha value is -3.75. The summed E-state index contributed by atoms with van der Waals surface area (Å²) in [7, 11) is 6.32. The molecule has 1 aliphatic rings. The van der Waals surface area contributed by atoms with Crippen molar-refractivity contribution in [3.63, 3.8) is 0 Å². The first-order valence-electron chi connectivity index (χ1n) is 10.7. The van der Waals surface area contributed by atoms with Gasteiger partial charge in [-0.3, -0.25) is 14.6 Å². The van der Waals surface area contributed by atoms with E-state index in [-0.39, 0.29) is 28.5 Å². The fourth-order valence-electron chi connectivity index (χ4n) is 4.19. The third-order valence-electron chi connectivity index (χ3n) is 5.96. The zero-order valence-electron chi connectivity index (χ0n) is 19.5. The number of H-pyrrole nitrogens is 1. The van der Waals surface area contributed by atoms with Gasteiger partial charge in [0, 0.05) is 37.8 Å². The number of carbonyl (C=O) groups excluding carboxylic acids is 1. The minimum atomic E-state index is -0.343. The summed E-state index contributed by atoms with van der Waals surface area (Å²) in [5.41, 5.74) is 1.97. The summed E-state index contributed by atoms with van der Waals surface area (Å²) in [5.74, 6) is 1.63. The lowest BCUT2D eigenvalue weighted by atomic mass is 10.1. The third-order valence-corrected chi connectivity index (χ3v) is 5.96. The lowest BCUT2D eigenvalue weighted by Crippen LogP contribution is -2.26. The lowest BCUT2D eigenvalue weighted by molar-refractivity contribution is -0.119. The minimum absolute atomic E-state index is 0.0517. The molecule has 1 N–H and O–H groups in total. The van der Waals surface area contributed by atoms with Gasteiger partial charge in [0.2, 0.25) is 17.6 Å². The number of aromatic amines is 1. The summed E-state index contributed by atoms with van der Waals surface area (Å²) in [4.78, 5) is 36.5. The van der Waals surface area contributed by atoms with Gasteiger partial charge in [0.15, 0.2) is 11.5 Å². The molecule has 1 unspecified atom stereocenters. The van der Waals surface area contributed by atoms with E-state index >= 15 is 0 Å². The van der Waals surface area contributed by atoms with Crippen molar-refractivity contribution in [3.05, 3.63) is 46.2 Å². The standard InChI is InChI=1S/C24H28N4O5/c1-14-9-10-28(23(14)30)16-8-6-7-15(11-16)13-27(2)24-25-17-12-18(31-3)20(32-4)21(33-5)19(17)22(29)26-24/h6-8,11-12,14H,9-10,13H2,1-5H3,(H,25,26,29). The Labute approximate surface area is 191 Å². The number of aromatic nitrogens is 2. The molecule has 0 saturated carbocycles. The number of ether oxygens (including phenoxy) is 3. The van der Waals surface area contributed by atoms with Gasteiger partial charge in [-0.1, -0.05) is 19.1 Å². The van der Waals surface area contributed by atoms with E-state index in [1.165, 1.54) is 21.3 Å². The number of nitrogens with one attached hydrogen (secondary N) is 1. The number of methoxy groups -OCH3 is 3. The van der Waals surface area contributed by atoms with Crippen molar-refractivity contribution in [1.82, 2.24) is 9.97 Å². The molecule has 1 aliphatic heterocycles. The number of fused-ring (bicyclic) bond motifs is 1. The molecule has 1 aromatic heterocycles. The monoisotopic (exact) mass is 452 g/mol. The zero-order valence-corrected chi connectivity index (χ0v) is 19.5. The maximum absolute atomic E-state index is 13.0. The minimum Gasteiger partial charge on any atom is -0.493 e. The van der Waals surface area contributed by atoms with E-state index in [4.69, 9.17) is 14.2 Å². The van der Waals surface area contributed by atoms with Crippen molar-refractivity contribution >= 4 is 28.4 Å². The summed E-state index contributed by atoms with van der Waals surface area (Å²) in [6.45, 7) is 3.18. The van der Waals surface area contributed by atoms with E-state index in [1.54, 1.807) is 6.07 Å². The molecule has 9 heteroatoms. The Morgan fingerprint density at radius 3 is 2.52 bits per heavy atom. The predicted octanol–water partition coefficient (Wildman–Crippen LogP) is 2.96. The van der Waals surface area contributed by atoms with Crippen LogP contribution in [0, 0.1) is 5.92 Å². The SMILES string of the molecule is COc1cc2nc(N(C)Cc3cccc(N4CCC(C)C4=O)c3)[nH]c(=O)c2c(OC)c1OC. The van der Waals surface area contributed by atoms with Crippen LogP contribution in [0.15, 0.2) is 35.1 Å². The molecule has 1 atom stereocenters. The highest BCUT2D eigenvalue weighted by molar-refractivity contribution is 5.97. The molecule has 3 aromatic rings. The fraction of sp³-hybridized carbons (Fsp3) is 0.375. The Morgan fingerprint density at radius 1 is 1.12 bits per heavy atom. The van der Waals surface area contributed by atoms with Crippen LogP contribution < -0.4 is 29.6 Å². The fourth-order valence-corrected chi connectivity index (χ4v) is 4.19. The van der Waals surface area contributed by atoms with Crippen LogP contribution in [0.2, 0.25) is 0 Å². The molecule has 2 heterocycles. The predicted molar refractivity (Wildman–Crippen MR) is 127 cm³/mol. The second kappa shape index (κ2) is 9.01. The number of rotatable bonds is 7. The first-order valence-corrected chi connectivity index (χ1v) is 10.7. The summed E-state index contributed by atoms with van der Waals surface area (Å²) < 4.78 is 16.2. The van der Waals surface area contributed by atoms with Crippen molar-refractivity contribution in [3.8, 4) is 17.2 Å². The molecule has 33 heavy (non-hydrogen) atoms. The topological polar surface area (TPSA) is 97.0 Å². The Bertz CT molecular complexity index is 1260.